The van der Waals surface area contributed by atoms with Crippen LogP contribution in [0.25, 0.3) is 22.0 Å². The van der Waals surface area contributed by atoms with Crippen LogP contribution in [0.1, 0.15) is 21.8 Å². The van der Waals surface area contributed by atoms with Crippen molar-refractivity contribution >= 4 is 22.5 Å². The van der Waals surface area contributed by atoms with Gasteiger partial charge in [0.2, 0.25) is 6.04 Å². The van der Waals surface area contributed by atoms with Gasteiger partial charge in [0, 0.05) is 12.0 Å². The first-order valence-electron chi connectivity index (χ1n) is 11.1. The molecule has 0 saturated heterocycles. The molecule has 3 aromatic carbocycles. The molecule has 1 unspecified atom stereocenters. The summed E-state index contributed by atoms with van der Waals surface area (Å²) in [7, 11) is 0. The zero-order valence-electron chi connectivity index (χ0n) is 17.9. The summed E-state index contributed by atoms with van der Waals surface area (Å²) in [4.78, 5) is 18.5. The van der Waals surface area contributed by atoms with Gasteiger partial charge in [0.15, 0.2) is 0 Å². The molecule has 5 heteroatoms. The van der Waals surface area contributed by atoms with Crippen LogP contribution in [0.2, 0.25) is 0 Å². The maximum absolute atomic E-state index is 13.4. The number of carbonyl (C=O) groups is 1. The van der Waals surface area contributed by atoms with Crippen LogP contribution in [-0.2, 0) is 12.8 Å². The topological polar surface area (TPSA) is 59.0 Å². The minimum Gasteiger partial charge on any atom is -0.469 e. The molecule has 0 radical (unpaired) electrons. The van der Waals surface area contributed by atoms with E-state index in [2.05, 4.69) is 41.7 Å². The van der Waals surface area contributed by atoms with E-state index in [0.717, 1.165) is 44.9 Å². The molecule has 0 fully saturated rings. The van der Waals surface area contributed by atoms with Gasteiger partial charge in [-0.25, -0.2) is 9.78 Å². The molecule has 33 heavy (non-hydrogen) atoms. The van der Waals surface area contributed by atoms with Crippen molar-refractivity contribution in [2.45, 2.75) is 18.9 Å². The van der Waals surface area contributed by atoms with E-state index in [1.165, 1.54) is 0 Å². The van der Waals surface area contributed by atoms with Crippen molar-refractivity contribution in [2.24, 2.45) is 0 Å². The quantitative estimate of drug-likeness (QED) is 0.395. The minimum absolute atomic E-state index is 0.000372. The Morgan fingerprint density at radius 2 is 1.73 bits per heavy atom. The van der Waals surface area contributed by atoms with E-state index in [0.29, 0.717) is 12.8 Å². The van der Waals surface area contributed by atoms with Gasteiger partial charge in [-0.3, -0.25) is 5.32 Å². The monoisotopic (exact) mass is 432 g/mol. The Hall–Kier alpha value is -4.25. The Bertz CT molecular complexity index is 1450. The van der Waals surface area contributed by atoms with Crippen LogP contribution in [-0.4, -0.2) is 16.9 Å². The fourth-order valence-electron chi connectivity index (χ4n) is 4.53. The summed E-state index contributed by atoms with van der Waals surface area (Å²) in [6.45, 7) is 0. The van der Waals surface area contributed by atoms with E-state index >= 15 is 0 Å². The van der Waals surface area contributed by atoms with Crippen molar-refractivity contribution < 1.29 is 13.8 Å². The van der Waals surface area contributed by atoms with Crippen LogP contribution < -0.4 is 9.88 Å². The lowest BCUT2D eigenvalue weighted by Crippen LogP contribution is -2.44. The summed E-state index contributed by atoms with van der Waals surface area (Å²) >= 11 is 0. The SMILES string of the molecule is O=C1C(Cc2ccco2)Nc2c(Cc3ccccc3)nc(-c3cccc4ccccc34)c[n+]21. The zero-order chi connectivity index (χ0) is 22.2. The van der Waals surface area contributed by atoms with Crippen LogP contribution >= 0.6 is 0 Å². The lowest BCUT2D eigenvalue weighted by molar-refractivity contribution is -0.552. The van der Waals surface area contributed by atoms with Crippen molar-refractivity contribution in [2.75, 3.05) is 5.32 Å². The van der Waals surface area contributed by atoms with Gasteiger partial charge in [-0.2, -0.15) is 4.57 Å². The molecule has 5 nitrogen and oxygen atoms in total. The Morgan fingerprint density at radius 1 is 0.909 bits per heavy atom. The van der Waals surface area contributed by atoms with Gasteiger partial charge in [-0.15, -0.1) is 0 Å². The molecule has 0 aliphatic carbocycles. The van der Waals surface area contributed by atoms with Gasteiger partial charge in [0.1, 0.15) is 23.3 Å². The van der Waals surface area contributed by atoms with Crippen molar-refractivity contribution in [3.8, 4) is 11.3 Å². The number of furan rings is 1. The fraction of sp³-hybridized carbons (Fsp3) is 0.107. The fourth-order valence-corrected chi connectivity index (χ4v) is 4.53. The number of nitrogens with zero attached hydrogens (tertiary/aromatic N) is 2. The number of fused-ring (bicyclic) bond motifs is 2. The largest absolute Gasteiger partial charge is 0.469 e. The van der Waals surface area contributed by atoms with Gasteiger partial charge in [0.25, 0.3) is 0 Å². The second-order valence-corrected chi connectivity index (χ2v) is 8.30. The standard InChI is InChI=1S/C28H21N3O2/c32-28-25(17-21-12-7-15-33-21)30-27-24(16-19-8-2-1-3-9-19)29-26(18-31(27)28)23-14-6-11-20-10-4-5-13-22(20)23/h1-15,18,25H,16-17H2/p+1. The Kier molecular flexibility index (Phi) is 4.73. The Balaban J connectivity index is 1.48. The first-order valence-corrected chi connectivity index (χ1v) is 11.1. The Morgan fingerprint density at radius 3 is 2.58 bits per heavy atom. The highest BCUT2D eigenvalue weighted by molar-refractivity contribution is 5.96. The molecule has 0 amide bonds. The minimum atomic E-state index is -0.393. The molecule has 3 heterocycles. The van der Waals surface area contributed by atoms with Gasteiger partial charge < -0.3 is 4.42 Å². The second-order valence-electron chi connectivity index (χ2n) is 8.30. The van der Waals surface area contributed by atoms with Crippen LogP contribution in [0, 0.1) is 0 Å². The third-order valence-electron chi connectivity index (χ3n) is 6.13. The second kappa shape index (κ2) is 8.02. The predicted octanol–water partition coefficient (Wildman–Crippen LogP) is 5.05. The summed E-state index contributed by atoms with van der Waals surface area (Å²) in [6, 6.07) is 28.0. The molecule has 1 N–H and O–H groups in total. The normalized spacial score (nSPS) is 14.9. The number of rotatable bonds is 5. The van der Waals surface area contributed by atoms with Crippen LogP contribution in [0.4, 0.5) is 5.82 Å². The van der Waals surface area contributed by atoms with E-state index in [9.17, 15) is 4.79 Å². The van der Waals surface area contributed by atoms with E-state index in [1.807, 2.05) is 54.7 Å². The summed E-state index contributed by atoms with van der Waals surface area (Å²) in [5.74, 6) is 1.53. The molecule has 0 spiro atoms. The molecule has 0 bridgehead atoms. The van der Waals surface area contributed by atoms with E-state index in [1.54, 1.807) is 10.8 Å². The van der Waals surface area contributed by atoms with Crippen LogP contribution in [0.5, 0.6) is 0 Å². The molecule has 5 aromatic rings. The van der Waals surface area contributed by atoms with E-state index in [4.69, 9.17) is 9.40 Å². The maximum atomic E-state index is 13.4. The number of carbonyl (C=O) groups excluding carboxylic acids is 1. The smallest absolute Gasteiger partial charge is 0.359 e. The molecule has 160 valence electrons. The van der Waals surface area contributed by atoms with Crippen molar-refractivity contribution in [3.05, 3.63) is 114 Å². The predicted molar refractivity (Wildman–Crippen MR) is 127 cm³/mol. The first-order chi connectivity index (χ1) is 16.3. The van der Waals surface area contributed by atoms with Gasteiger partial charge in [-0.05, 0) is 28.5 Å². The zero-order valence-corrected chi connectivity index (χ0v) is 17.9. The van der Waals surface area contributed by atoms with Crippen LogP contribution in [0.15, 0.2) is 102 Å². The summed E-state index contributed by atoms with van der Waals surface area (Å²) in [5.41, 5.74) is 3.80. The number of hydrogen-bond acceptors (Lipinski definition) is 4. The summed E-state index contributed by atoms with van der Waals surface area (Å²) in [6.07, 6.45) is 4.61. The van der Waals surface area contributed by atoms with Crippen molar-refractivity contribution in [1.29, 1.82) is 0 Å². The number of hydrogen-bond donors (Lipinski definition) is 1. The maximum Gasteiger partial charge on any atom is 0.359 e. The summed E-state index contributed by atoms with van der Waals surface area (Å²) < 4.78 is 7.22. The van der Waals surface area contributed by atoms with Crippen LogP contribution in [0.3, 0.4) is 0 Å². The van der Waals surface area contributed by atoms with Gasteiger partial charge in [0.05, 0.1) is 12.7 Å². The molecule has 0 saturated carbocycles. The molecular weight excluding hydrogens is 410 g/mol. The van der Waals surface area contributed by atoms with Gasteiger partial charge >= 0.3 is 11.7 Å². The van der Waals surface area contributed by atoms with Crippen molar-refractivity contribution in [1.82, 2.24) is 4.98 Å². The molecule has 6 rings (SSSR count). The highest BCUT2D eigenvalue weighted by Gasteiger charge is 2.41. The summed E-state index contributed by atoms with van der Waals surface area (Å²) in [5, 5.41) is 5.68. The van der Waals surface area contributed by atoms with E-state index in [-0.39, 0.29) is 5.91 Å². The third-order valence-corrected chi connectivity index (χ3v) is 6.13. The highest BCUT2D eigenvalue weighted by Crippen LogP contribution is 2.29. The molecular formula is C28H22N3O2+. The molecule has 2 aromatic heterocycles. The average Bonchev–Trinajstić information content (AvgIpc) is 3.48. The lowest BCUT2D eigenvalue weighted by atomic mass is 10.0. The van der Waals surface area contributed by atoms with Gasteiger partial charge in [-0.1, -0.05) is 72.8 Å². The lowest BCUT2D eigenvalue weighted by Gasteiger charge is -2.09. The third kappa shape index (κ3) is 3.57. The Labute approximate surface area is 191 Å². The molecule has 1 aliphatic heterocycles. The average molecular weight is 433 g/mol. The number of nitrogens with one attached hydrogen (secondary N) is 1. The van der Waals surface area contributed by atoms with E-state index < -0.39 is 6.04 Å². The number of aromatic nitrogens is 2. The molecule has 1 atom stereocenters. The molecule has 1 aliphatic rings. The number of anilines is 1. The first kappa shape index (κ1) is 19.4. The number of benzene rings is 3. The van der Waals surface area contributed by atoms with Crippen molar-refractivity contribution in [3.63, 3.8) is 0 Å². The highest BCUT2D eigenvalue weighted by atomic mass is 16.3.